The van der Waals surface area contributed by atoms with Crippen LogP contribution < -0.4 is 26.2 Å². The molecule has 13 nitrogen and oxygen atoms in total. The Kier molecular flexibility index (Phi) is 8.82. The molecule has 8 rings (SSSR count). The van der Waals surface area contributed by atoms with Gasteiger partial charge in [0.25, 0.3) is 5.91 Å². The molecule has 0 saturated carbocycles. The van der Waals surface area contributed by atoms with Gasteiger partial charge in [-0.3, -0.25) is 19.7 Å². The standard InChI is InChI=1S/C37H43N9O4/c38-35(48)34-36(41-31(19-39-34)45-14-2-1-3-15-45)40-26-6-4-24(5-7-26)25-12-16-44(17-13-25)20-23-21-46(22-23)27-8-9-28-30(18-27)50-43-33(28)29-10-11-32(47)42-37(29)49/h4-9,18-19,23,25,29H,1-3,10-17,20-22H2,(H2,38,48)(H,40,41)(H,42,47,49). The molecule has 6 heterocycles. The average Bonchev–Trinajstić information content (AvgIpc) is 3.53. The summed E-state index contributed by atoms with van der Waals surface area (Å²) in [6.45, 7) is 7.12. The predicted molar refractivity (Wildman–Crippen MR) is 190 cm³/mol. The number of rotatable bonds is 9. The van der Waals surface area contributed by atoms with E-state index in [0.717, 1.165) is 94.1 Å². The van der Waals surface area contributed by atoms with Crippen LogP contribution in [0.25, 0.3) is 11.0 Å². The van der Waals surface area contributed by atoms with E-state index >= 15 is 0 Å². The summed E-state index contributed by atoms with van der Waals surface area (Å²) in [6.07, 6.45) is 8.13. The lowest BCUT2D eigenvalue weighted by molar-refractivity contribution is -0.134. The number of aromatic nitrogens is 3. The van der Waals surface area contributed by atoms with Gasteiger partial charge < -0.3 is 30.3 Å². The summed E-state index contributed by atoms with van der Waals surface area (Å²) in [7, 11) is 0. The maximum Gasteiger partial charge on any atom is 0.271 e. The van der Waals surface area contributed by atoms with Crippen LogP contribution in [-0.4, -0.2) is 83.6 Å². The minimum atomic E-state index is -0.599. The van der Waals surface area contributed by atoms with Crippen LogP contribution in [0.15, 0.2) is 53.2 Å². The van der Waals surface area contributed by atoms with Crippen molar-refractivity contribution < 1.29 is 18.9 Å². The quantitative estimate of drug-likeness (QED) is 0.217. The lowest BCUT2D eigenvalue weighted by atomic mass is 9.88. The molecule has 0 radical (unpaired) electrons. The highest BCUT2D eigenvalue weighted by atomic mass is 16.5. The zero-order chi connectivity index (χ0) is 34.2. The Morgan fingerprint density at radius 3 is 2.48 bits per heavy atom. The second-order valence-electron chi connectivity index (χ2n) is 14.2. The van der Waals surface area contributed by atoms with Crippen molar-refractivity contribution in [3.63, 3.8) is 0 Å². The van der Waals surface area contributed by atoms with Gasteiger partial charge in [0.05, 0.1) is 12.1 Å². The van der Waals surface area contributed by atoms with Gasteiger partial charge in [-0.15, -0.1) is 0 Å². The van der Waals surface area contributed by atoms with Crippen LogP contribution in [0.2, 0.25) is 0 Å². The predicted octanol–water partition coefficient (Wildman–Crippen LogP) is 4.29. The summed E-state index contributed by atoms with van der Waals surface area (Å²) in [5, 5.41) is 10.8. The van der Waals surface area contributed by atoms with Gasteiger partial charge in [-0.05, 0) is 87.4 Å². The number of imide groups is 1. The fraction of sp³-hybridized carbons (Fsp3) is 0.459. The molecule has 3 amide bonds. The molecule has 13 heteroatoms. The molecular formula is C37H43N9O4. The third-order valence-electron chi connectivity index (χ3n) is 10.8. The van der Waals surface area contributed by atoms with E-state index in [9.17, 15) is 14.4 Å². The van der Waals surface area contributed by atoms with Crippen molar-refractivity contribution in [3.05, 3.63) is 65.6 Å². The van der Waals surface area contributed by atoms with Gasteiger partial charge in [-0.2, -0.15) is 0 Å². The number of amides is 3. The first-order valence-electron chi connectivity index (χ1n) is 17.9. The van der Waals surface area contributed by atoms with Crippen LogP contribution in [0, 0.1) is 5.92 Å². The first-order valence-corrected chi connectivity index (χ1v) is 17.9. The molecule has 2 aromatic carbocycles. The largest absolute Gasteiger partial charge is 0.371 e. The molecule has 1 atom stereocenters. The van der Waals surface area contributed by atoms with E-state index < -0.39 is 11.8 Å². The fourth-order valence-electron chi connectivity index (χ4n) is 7.96. The van der Waals surface area contributed by atoms with E-state index in [1.807, 2.05) is 12.1 Å². The number of likely N-dealkylation sites (tertiary alicyclic amines) is 1. The minimum Gasteiger partial charge on any atom is -0.371 e. The van der Waals surface area contributed by atoms with Gasteiger partial charge in [0.2, 0.25) is 11.8 Å². The van der Waals surface area contributed by atoms with Gasteiger partial charge >= 0.3 is 0 Å². The number of anilines is 4. The molecule has 50 heavy (non-hydrogen) atoms. The number of hydrogen-bond donors (Lipinski definition) is 3. The van der Waals surface area contributed by atoms with Crippen LogP contribution in [0.4, 0.5) is 23.0 Å². The van der Waals surface area contributed by atoms with Gasteiger partial charge in [0, 0.05) is 67.9 Å². The first-order chi connectivity index (χ1) is 24.4. The highest BCUT2D eigenvalue weighted by molar-refractivity contribution is 6.02. The maximum atomic E-state index is 12.4. The summed E-state index contributed by atoms with van der Waals surface area (Å²) in [5.74, 6) is 0.698. The third kappa shape index (κ3) is 6.61. The molecule has 0 aliphatic carbocycles. The molecule has 4 aromatic rings. The van der Waals surface area contributed by atoms with Gasteiger partial charge in [0.1, 0.15) is 11.5 Å². The van der Waals surface area contributed by atoms with Crippen LogP contribution in [0.5, 0.6) is 0 Å². The summed E-state index contributed by atoms with van der Waals surface area (Å²) in [6, 6.07) is 14.5. The topological polar surface area (TPSA) is 163 Å². The highest BCUT2D eigenvalue weighted by Crippen LogP contribution is 2.35. The van der Waals surface area contributed by atoms with Crippen molar-refractivity contribution in [2.45, 2.75) is 56.8 Å². The van der Waals surface area contributed by atoms with Crippen molar-refractivity contribution >= 4 is 51.7 Å². The second-order valence-corrected chi connectivity index (χ2v) is 14.2. The number of carbonyl (C=O) groups is 3. The monoisotopic (exact) mass is 677 g/mol. The van der Waals surface area contributed by atoms with Gasteiger partial charge in [-0.1, -0.05) is 17.3 Å². The molecule has 0 spiro atoms. The lowest BCUT2D eigenvalue weighted by Crippen LogP contribution is -2.52. The van der Waals surface area contributed by atoms with E-state index in [0.29, 0.717) is 41.8 Å². The Morgan fingerprint density at radius 1 is 0.960 bits per heavy atom. The summed E-state index contributed by atoms with van der Waals surface area (Å²) in [4.78, 5) is 52.3. The average molecular weight is 678 g/mol. The van der Waals surface area contributed by atoms with E-state index in [1.165, 1.54) is 12.0 Å². The molecule has 2 aromatic heterocycles. The van der Waals surface area contributed by atoms with Crippen LogP contribution in [-0.2, 0) is 9.59 Å². The van der Waals surface area contributed by atoms with E-state index in [4.69, 9.17) is 15.2 Å². The second kappa shape index (κ2) is 13.7. The SMILES string of the molecule is NC(=O)c1ncc(N2CCCCC2)nc1Nc1ccc(C2CCN(CC3CN(c4ccc5c(C6CCC(=O)NC6=O)noc5c4)C3)CC2)cc1. The van der Waals surface area contributed by atoms with Crippen molar-refractivity contribution in [1.82, 2.24) is 25.3 Å². The third-order valence-corrected chi connectivity index (χ3v) is 10.8. The smallest absolute Gasteiger partial charge is 0.271 e. The summed E-state index contributed by atoms with van der Waals surface area (Å²) < 4.78 is 5.63. The van der Waals surface area contributed by atoms with E-state index in [2.05, 4.69) is 65.8 Å². The molecular weight excluding hydrogens is 634 g/mol. The number of nitrogens with one attached hydrogen (secondary N) is 2. The van der Waals surface area contributed by atoms with Crippen LogP contribution in [0.1, 0.15) is 78.5 Å². The number of benzene rings is 2. The molecule has 4 fully saturated rings. The number of nitrogens with two attached hydrogens (primary N) is 1. The Balaban J connectivity index is 0.818. The first kappa shape index (κ1) is 32.2. The summed E-state index contributed by atoms with van der Waals surface area (Å²) in [5.41, 5.74) is 10.3. The van der Waals surface area contributed by atoms with Gasteiger partial charge in [0.15, 0.2) is 17.1 Å². The molecule has 4 aliphatic rings. The fourth-order valence-corrected chi connectivity index (χ4v) is 7.96. The number of piperidine rings is 3. The summed E-state index contributed by atoms with van der Waals surface area (Å²) >= 11 is 0. The number of nitrogens with zero attached hydrogens (tertiary/aromatic N) is 6. The number of carbonyl (C=O) groups excluding carboxylic acids is 3. The number of fused-ring (bicyclic) bond motifs is 1. The molecule has 260 valence electrons. The molecule has 4 N–H and O–H groups in total. The number of hydrogen-bond acceptors (Lipinski definition) is 11. The Bertz CT molecular complexity index is 1890. The molecule has 4 saturated heterocycles. The minimum absolute atomic E-state index is 0.147. The molecule has 4 aliphatic heterocycles. The van der Waals surface area contributed by atoms with E-state index in [-0.39, 0.29) is 17.5 Å². The molecule has 0 bridgehead atoms. The Hall–Kier alpha value is -5.04. The Labute approximate surface area is 290 Å². The zero-order valence-electron chi connectivity index (χ0n) is 28.1. The normalized spacial score (nSPS) is 20.9. The van der Waals surface area contributed by atoms with Crippen LogP contribution >= 0.6 is 0 Å². The van der Waals surface area contributed by atoms with Crippen LogP contribution in [0.3, 0.4) is 0 Å². The highest BCUT2D eigenvalue weighted by Gasteiger charge is 2.34. The Morgan fingerprint density at radius 2 is 1.74 bits per heavy atom. The zero-order valence-corrected chi connectivity index (χ0v) is 28.1. The van der Waals surface area contributed by atoms with Crippen molar-refractivity contribution in [3.8, 4) is 0 Å². The number of primary amides is 1. The lowest BCUT2D eigenvalue weighted by Gasteiger charge is -2.44. The van der Waals surface area contributed by atoms with E-state index in [1.54, 1.807) is 6.20 Å². The van der Waals surface area contributed by atoms with Crippen molar-refractivity contribution in [1.29, 1.82) is 0 Å². The van der Waals surface area contributed by atoms with Crippen molar-refractivity contribution in [2.75, 3.05) is 60.9 Å². The molecule has 1 unspecified atom stereocenters. The van der Waals surface area contributed by atoms with Gasteiger partial charge in [-0.25, -0.2) is 9.97 Å². The van der Waals surface area contributed by atoms with Crippen molar-refractivity contribution in [2.24, 2.45) is 11.7 Å². The maximum absolute atomic E-state index is 12.4.